The predicted octanol–water partition coefficient (Wildman–Crippen LogP) is 0.657. The molecule has 13 heavy (non-hydrogen) atoms. The minimum atomic E-state index is -3.82. The third-order valence-corrected chi connectivity index (χ3v) is 2.70. The molecule has 0 atom stereocenters. The van der Waals surface area contributed by atoms with Gasteiger partial charge in [0.2, 0.25) is 5.03 Å². The fraction of sp³-hybridized carbons (Fsp3) is 0. The van der Waals surface area contributed by atoms with Crippen molar-refractivity contribution in [3.8, 4) is 0 Å². The Labute approximate surface area is 78.4 Å². The van der Waals surface area contributed by atoms with E-state index in [4.69, 9.17) is 10.7 Å². The molecule has 0 radical (unpaired) electrons. The highest BCUT2D eigenvalue weighted by molar-refractivity contribution is 8.13. The van der Waals surface area contributed by atoms with Gasteiger partial charge in [-0.05, 0) is 0 Å². The molecular formula is C6H4ClN3O2S. The summed E-state index contributed by atoms with van der Waals surface area (Å²) in [5.41, 5.74) is 0.234. The normalized spacial score (nSPS) is 12.1. The van der Waals surface area contributed by atoms with Gasteiger partial charge in [0, 0.05) is 35.5 Å². The molecule has 2 heterocycles. The van der Waals surface area contributed by atoms with Gasteiger partial charge in [-0.2, -0.15) is 0 Å². The molecule has 0 saturated heterocycles. The molecule has 5 nitrogen and oxygen atoms in total. The lowest BCUT2D eigenvalue weighted by Crippen LogP contribution is -1.99. The van der Waals surface area contributed by atoms with Crippen LogP contribution in [0.2, 0.25) is 0 Å². The van der Waals surface area contributed by atoms with Gasteiger partial charge in [0.1, 0.15) is 0 Å². The van der Waals surface area contributed by atoms with E-state index in [-0.39, 0.29) is 10.7 Å². The molecule has 0 aliphatic rings. The Morgan fingerprint density at radius 3 is 2.46 bits per heavy atom. The number of fused-ring (bicyclic) bond motifs is 1. The highest BCUT2D eigenvalue weighted by Crippen LogP contribution is 2.15. The maximum atomic E-state index is 11.0. The Balaban J connectivity index is 2.91. The number of hydrogen-bond donors (Lipinski definition) is 0. The van der Waals surface area contributed by atoms with Crippen molar-refractivity contribution in [2.75, 3.05) is 0 Å². The molecule has 2 aromatic rings. The molecule has 0 spiro atoms. The van der Waals surface area contributed by atoms with Crippen LogP contribution in [0.25, 0.3) is 5.65 Å². The molecule has 0 bridgehead atoms. The largest absolute Gasteiger partial charge is 0.303 e. The standard InChI is InChI=1S/C6H4ClN3O2S/c7-13(11,12)6-5-8-1-3-10(5)4-2-9-6/h1-4H. The number of aromatic nitrogens is 3. The summed E-state index contributed by atoms with van der Waals surface area (Å²) in [6.45, 7) is 0. The highest BCUT2D eigenvalue weighted by Gasteiger charge is 2.16. The third kappa shape index (κ3) is 1.38. The molecule has 2 aromatic heterocycles. The van der Waals surface area contributed by atoms with Gasteiger partial charge in [0.05, 0.1) is 0 Å². The first-order valence-electron chi connectivity index (χ1n) is 3.31. The summed E-state index contributed by atoms with van der Waals surface area (Å²) in [6.07, 6.45) is 6.03. The van der Waals surface area contributed by atoms with Crippen molar-refractivity contribution in [3.05, 3.63) is 24.8 Å². The van der Waals surface area contributed by atoms with E-state index in [0.717, 1.165) is 0 Å². The van der Waals surface area contributed by atoms with Crippen LogP contribution in [-0.4, -0.2) is 22.8 Å². The van der Waals surface area contributed by atoms with Gasteiger partial charge in [-0.3, -0.25) is 0 Å². The number of imidazole rings is 1. The Morgan fingerprint density at radius 2 is 1.85 bits per heavy atom. The van der Waals surface area contributed by atoms with Crippen LogP contribution in [0.3, 0.4) is 0 Å². The van der Waals surface area contributed by atoms with E-state index in [1.165, 1.54) is 16.8 Å². The maximum Gasteiger partial charge on any atom is 0.282 e. The van der Waals surface area contributed by atoms with Gasteiger partial charge in [-0.1, -0.05) is 0 Å². The lowest BCUT2D eigenvalue weighted by molar-refractivity contribution is 0.606. The van der Waals surface area contributed by atoms with E-state index in [1.54, 1.807) is 12.4 Å². The van der Waals surface area contributed by atoms with Crippen LogP contribution in [0.5, 0.6) is 0 Å². The topological polar surface area (TPSA) is 64.3 Å². The first-order valence-corrected chi connectivity index (χ1v) is 5.62. The summed E-state index contributed by atoms with van der Waals surface area (Å²) in [7, 11) is 1.33. The number of nitrogens with zero attached hydrogens (tertiary/aromatic N) is 3. The maximum absolute atomic E-state index is 11.0. The molecule has 7 heteroatoms. The zero-order valence-electron chi connectivity index (χ0n) is 6.25. The Hall–Kier alpha value is -1.14. The zero-order valence-corrected chi connectivity index (χ0v) is 7.83. The number of halogens is 1. The van der Waals surface area contributed by atoms with Crippen LogP contribution < -0.4 is 0 Å². The van der Waals surface area contributed by atoms with Gasteiger partial charge in [0.25, 0.3) is 9.05 Å². The van der Waals surface area contributed by atoms with E-state index in [9.17, 15) is 8.42 Å². The first-order chi connectivity index (χ1) is 6.09. The molecule has 0 aliphatic heterocycles. The second-order valence-electron chi connectivity index (χ2n) is 2.33. The van der Waals surface area contributed by atoms with Crippen molar-refractivity contribution >= 4 is 25.4 Å². The molecule has 0 unspecified atom stereocenters. The van der Waals surface area contributed by atoms with E-state index in [0.29, 0.717) is 0 Å². The molecule has 0 aliphatic carbocycles. The summed E-state index contributed by atoms with van der Waals surface area (Å²) >= 11 is 0. The molecule has 0 saturated carbocycles. The molecule has 0 aromatic carbocycles. The molecule has 0 fully saturated rings. The molecule has 2 rings (SSSR count). The van der Waals surface area contributed by atoms with Crippen molar-refractivity contribution in [1.29, 1.82) is 0 Å². The minimum absolute atomic E-state index is 0.221. The van der Waals surface area contributed by atoms with Crippen LogP contribution in [0.4, 0.5) is 0 Å². The average Bonchev–Trinajstić information content (AvgIpc) is 2.48. The first kappa shape index (κ1) is 8.46. The van der Waals surface area contributed by atoms with Crippen molar-refractivity contribution in [1.82, 2.24) is 14.4 Å². The number of hydrogen-bond acceptors (Lipinski definition) is 4. The van der Waals surface area contributed by atoms with E-state index >= 15 is 0 Å². The fourth-order valence-corrected chi connectivity index (χ4v) is 1.89. The summed E-state index contributed by atoms with van der Waals surface area (Å²) < 4.78 is 23.5. The highest BCUT2D eigenvalue weighted by atomic mass is 35.7. The Bertz CT molecular complexity index is 548. The quantitative estimate of drug-likeness (QED) is 0.659. The minimum Gasteiger partial charge on any atom is -0.303 e. The molecule has 0 amide bonds. The fourth-order valence-electron chi connectivity index (χ4n) is 1.00. The Kier molecular flexibility index (Phi) is 1.74. The van der Waals surface area contributed by atoms with Gasteiger partial charge < -0.3 is 4.40 Å². The van der Waals surface area contributed by atoms with Crippen LogP contribution in [0, 0.1) is 0 Å². The van der Waals surface area contributed by atoms with Crippen LogP contribution in [0.1, 0.15) is 0 Å². The van der Waals surface area contributed by atoms with Gasteiger partial charge in [0.15, 0.2) is 5.65 Å². The van der Waals surface area contributed by atoms with Crippen molar-refractivity contribution in [2.45, 2.75) is 5.03 Å². The lowest BCUT2D eigenvalue weighted by Gasteiger charge is -1.96. The van der Waals surface area contributed by atoms with Crippen molar-refractivity contribution in [2.24, 2.45) is 0 Å². The van der Waals surface area contributed by atoms with E-state index in [2.05, 4.69) is 9.97 Å². The van der Waals surface area contributed by atoms with Crippen LogP contribution in [0.15, 0.2) is 29.8 Å². The predicted molar refractivity (Wildman–Crippen MR) is 46.0 cm³/mol. The summed E-state index contributed by atoms with van der Waals surface area (Å²) in [5.74, 6) is 0. The van der Waals surface area contributed by atoms with E-state index in [1.807, 2.05) is 0 Å². The van der Waals surface area contributed by atoms with E-state index < -0.39 is 9.05 Å². The van der Waals surface area contributed by atoms with Gasteiger partial charge in [-0.25, -0.2) is 18.4 Å². The Morgan fingerprint density at radius 1 is 1.23 bits per heavy atom. The third-order valence-electron chi connectivity index (χ3n) is 1.51. The van der Waals surface area contributed by atoms with Crippen LogP contribution in [-0.2, 0) is 9.05 Å². The summed E-state index contributed by atoms with van der Waals surface area (Å²) in [4.78, 5) is 7.47. The van der Waals surface area contributed by atoms with Crippen molar-refractivity contribution < 1.29 is 8.42 Å². The molecular weight excluding hydrogens is 214 g/mol. The average molecular weight is 218 g/mol. The second kappa shape index (κ2) is 2.68. The molecule has 68 valence electrons. The summed E-state index contributed by atoms with van der Waals surface area (Å²) in [6, 6.07) is 0. The van der Waals surface area contributed by atoms with Gasteiger partial charge >= 0.3 is 0 Å². The zero-order chi connectivity index (χ0) is 9.47. The SMILES string of the molecule is O=S(=O)(Cl)c1nccn2ccnc12. The monoisotopic (exact) mass is 217 g/mol. The van der Waals surface area contributed by atoms with Gasteiger partial charge in [-0.15, -0.1) is 0 Å². The molecule has 0 N–H and O–H groups in total. The second-order valence-corrected chi connectivity index (χ2v) is 4.81. The summed E-state index contributed by atoms with van der Waals surface area (Å²) in [5, 5.41) is -0.221. The smallest absolute Gasteiger partial charge is 0.282 e. The van der Waals surface area contributed by atoms with Crippen molar-refractivity contribution in [3.63, 3.8) is 0 Å². The van der Waals surface area contributed by atoms with Crippen LogP contribution >= 0.6 is 10.7 Å². The number of rotatable bonds is 1. The lowest BCUT2D eigenvalue weighted by atomic mass is 10.7.